The molecule has 1 aliphatic heterocycles. The molecular formula is C14H18FNO3. The minimum atomic E-state index is -1.50. The van der Waals surface area contributed by atoms with Gasteiger partial charge in [0.2, 0.25) is 0 Å². The van der Waals surface area contributed by atoms with E-state index in [2.05, 4.69) is 0 Å². The first-order valence-electron chi connectivity index (χ1n) is 6.31. The second kappa shape index (κ2) is 5.57. The maximum Gasteiger partial charge on any atom is 0.410 e. The predicted molar refractivity (Wildman–Crippen MR) is 68.3 cm³/mol. The number of halogens is 1. The lowest BCUT2D eigenvalue weighted by Crippen LogP contribution is -2.55. The van der Waals surface area contributed by atoms with Crippen LogP contribution in [0.15, 0.2) is 30.3 Å². The fraction of sp³-hybridized carbons (Fsp3) is 0.500. The topological polar surface area (TPSA) is 49.8 Å². The molecule has 5 heteroatoms. The molecule has 19 heavy (non-hydrogen) atoms. The standard InChI is InChI=1S/C14H18FNO3/c1-14(18)10-16(8-7-12(14)15)13(17)19-9-11-5-3-2-4-6-11/h2-6,12,18H,7-10H2,1H3/t12-,14-/m0/s1. The summed E-state index contributed by atoms with van der Waals surface area (Å²) in [4.78, 5) is 13.2. The summed E-state index contributed by atoms with van der Waals surface area (Å²) in [5, 5.41) is 9.82. The van der Waals surface area contributed by atoms with Crippen molar-refractivity contribution < 1.29 is 19.0 Å². The molecule has 1 aliphatic rings. The van der Waals surface area contributed by atoms with Crippen LogP contribution in [0.1, 0.15) is 18.9 Å². The summed E-state index contributed by atoms with van der Waals surface area (Å²) in [5.74, 6) is 0. The first kappa shape index (κ1) is 13.8. The van der Waals surface area contributed by atoms with E-state index in [0.29, 0.717) is 0 Å². The molecule has 1 fully saturated rings. The second-order valence-electron chi connectivity index (χ2n) is 5.08. The van der Waals surface area contributed by atoms with Gasteiger partial charge in [0, 0.05) is 6.54 Å². The molecule has 1 aromatic carbocycles. The van der Waals surface area contributed by atoms with Crippen LogP contribution in [0.3, 0.4) is 0 Å². The number of carbonyl (C=O) groups is 1. The van der Waals surface area contributed by atoms with Crippen LogP contribution in [0.5, 0.6) is 0 Å². The summed E-state index contributed by atoms with van der Waals surface area (Å²) >= 11 is 0. The number of amides is 1. The number of alkyl halides is 1. The Labute approximate surface area is 111 Å². The zero-order valence-corrected chi connectivity index (χ0v) is 10.9. The van der Waals surface area contributed by atoms with Crippen LogP contribution >= 0.6 is 0 Å². The molecule has 1 N–H and O–H groups in total. The van der Waals surface area contributed by atoms with Gasteiger partial charge in [0.05, 0.1) is 6.54 Å². The highest BCUT2D eigenvalue weighted by Crippen LogP contribution is 2.24. The molecule has 0 bridgehead atoms. The molecule has 2 rings (SSSR count). The fourth-order valence-electron chi connectivity index (χ4n) is 2.11. The smallest absolute Gasteiger partial charge is 0.410 e. The van der Waals surface area contributed by atoms with Gasteiger partial charge < -0.3 is 14.7 Å². The van der Waals surface area contributed by atoms with Crippen LogP contribution < -0.4 is 0 Å². The molecule has 0 aromatic heterocycles. The minimum absolute atomic E-state index is 0.0399. The molecule has 0 spiro atoms. The van der Waals surface area contributed by atoms with Gasteiger partial charge in [0.1, 0.15) is 18.4 Å². The summed E-state index contributed by atoms with van der Waals surface area (Å²) < 4.78 is 18.6. The Bertz CT molecular complexity index is 436. The summed E-state index contributed by atoms with van der Waals surface area (Å²) in [7, 11) is 0. The molecule has 1 amide bonds. The Morgan fingerprint density at radius 2 is 2.21 bits per heavy atom. The molecule has 4 nitrogen and oxygen atoms in total. The van der Waals surface area contributed by atoms with Crippen molar-refractivity contribution in [1.82, 2.24) is 4.90 Å². The molecular weight excluding hydrogens is 249 g/mol. The van der Waals surface area contributed by atoms with Crippen molar-refractivity contribution in [2.45, 2.75) is 31.7 Å². The van der Waals surface area contributed by atoms with Crippen molar-refractivity contribution in [3.63, 3.8) is 0 Å². The molecule has 1 heterocycles. The molecule has 1 aromatic rings. The Morgan fingerprint density at radius 1 is 1.53 bits per heavy atom. The van der Waals surface area contributed by atoms with Gasteiger partial charge in [-0.2, -0.15) is 0 Å². The molecule has 0 saturated carbocycles. The molecule has 0 unspecified atom stereocenters. The third-order valence-corrected chi connectivity index (χ3v) is 3.30. The van der Waals surface area contributed by atoms with E-state index in [9.17, 15) is 14.3 Å². The van der Waals surface area contributed by atoms with Gasteiger partial charge in [-0.25, -0.2) is 9.18 Å². The SMILES string of the molecule is C[C@]1(O)CN(C(=O)OCc2ccccc2)CC[C@@H]1F. The first-order chi connectivity index (χ1) is 8.99. The highest BCUT2D eigenvalue weighted by Gasteiger charge is 2.40. The zero-order valence-electron chi connectivity index (χ0n) is 10.9. The Hall–Kier alpha value is -1.62. The maximum absolute atomic E-state index is 13.4. The van der Waals surface area contributed by atoms with E-state index in [0.717, 1.165) is 5.56 Å². The van der Waals surface area contributed by atoms with E-state index >= 15 is 0 Å². The van der Waals surface area contributed by atoms with E-state index in [1.807, 2.05) is 30.3 Å². The molecule has 1 saturated heterocycles. The van der Waals surface area contributed by atoms with Crippen molar-refractivity contribution in [3.8, 4) is 0 Å². The summed E-state index contributed by atoms with van der Waals surface area (Å²) in [6.07, 6.45) is -1.69. The first-order valence-corrected chi connectivity index (χ1v) is 6.31. The van der Waals surface area contributed by atoms with Crippen LogP contribution in [0.2, 0.25) is 0 Å². The maximum atomic E-state index is 13.4. The number of likely N-dealkylation sites (tertiary alicyclic amines) is 1. The number of nitrogens with zero attached hydrogens (tertiary/aromatic N) is 1. The monoisotopic (exact) mass is 267 g/mol. The normalized spacial score (nSPS) is 27.1. The average molecular weight is 267 g/mol. The number of piperidine rings is 1. The summed E-state index contributed by atoms with van der Waals surface area (Å²) in [5.41, 5.74) is -0.604. The van der Waals surface area contributed by atoms with Gasteiger partial charge in [0.25, 0.3) is 0 Å². The summed E-state index contributed by atoms with van der Waals surface area (Å²) in [6, 6.07) is 9.33. The van der Waals surface area contributed by atoms with E-state index in [1.165, 1.54) is 11.8 Å². The fourth-order valence-corrected chi connectivity index (χ4v) is 2.11. The molecule has 0 aliphatic carbocycles. The molecule has 0 radical (unpaired) electrons. The number of hydrogen-bond donors (Lipinski definition) is 1. The Kier molecular flexibility index (Phi) is 4.04. The Morgan fingerprint density at radius 3 is 2.84 bits per heavy atom. The minimum Gasteiger partial charge on any atom is -0.445 e. The quantitative estimate of drug-likeness (QED) is 0.893. The third kappa shape index (κ3) is 3.44. The third-order valence-electron chi connectivity index (χ3n) is 3.30. The Balaban J connectivity index is 1.87. The highest BCUT2D eigenvalue weighted by atomic mass is 19.1. The zero-order chi connectivity index (χ0) is 13.9. The van der Waals surface area contributed by atoms with Gasteiger partial charge in [-0.1, -0.05) is 30.3 Å². The van der Waals surface area contributed by atoms with E-state index in [1.54, 1.807) is 0 Å². The molecule has 2 atom stereocenters. The van der Waals surface area contributed by atoms with E-state index < -0.39 is 17.9 Å². The van der Waals surface area contributed by atoms with Crippen molar-refractivity contribution >= 4 is 6.09 Å². The lowest BCUT2D eigenvalue weighted by atomic mass is 9.93. The van der Waals surface area contributed by atoms with Crippen LogP contribution in [0.4, 0.5) is 9.18 Å². The summed E-state index contributed by atoms with van der Waals surface area (Å²) in [6.45, 7) is 1.80. The highest BCUT2D eigenvalue weighted by molar-refractivity contribution is 5.68. The number of rotatable bonds is 2. The van der Waals surface area contributed by atoms with Gasteiger partial charge in [-0.3, -0.25) is 0 Å². The van der Waals surface area contributed by atoms with Crippen molar-refractivity contribution in [1.29, 1.82) is 0 Å². The van der Waals surface area contributed by atoms with Gasteiger partial charge in [-0.15, -0.1) is 0 Å². The van der Waals surface area contributed by atoms with Crippen LogP contribution in [-0.2, 0) is 11.3 Å². The van der Waals surface area contributed by atoms with Crippen LogP contribution in [0.25, 0.3) is 0 Å². The van der Waals surface area contributed by atoms with E-state index in [4.69, 9.17) is 4.74 Å². The number of aliphatic hydroxyl groups is 1. The number of β-amino-alcohol motifs (C(OH)–C–C–N with tert-alkyl or cyclic N) is 1. The van der Waals surface area contributed by atoms with Crippen molar-refractivity contribution in [3.05, 3.63) is 35.9 Å². The van der Waals surface area contributed by atoms with Gasteiger partial charge in [0.15, 0.2) is 0 Å². The number of hydrogen-bond acceptors (Lipinski definition) is 3. The number of carbonyl (C=O) groups excluding carboxylic acids is 1. The van der Waals surface area contributed by atoms with Crippen LogP contribution in [-0.4, -0.2) is 41.0 Å². The largest absolute Gasteiger partial charge is 0.445 e. The number of ether oxygens (including phenoxy) is 1. The lowest BCUT2D eigenvalue weighted by Gasteiger charge is -2.38. The van der Waals surface area contributed by atoms with Crippen LogP contribution in [0, 0.1) is 0 Å². The molecule has 104 valence electrons. The number of benzene rings is 1. The van der Waals surface area contributed by atoms with Crippen molar-refractivity contribution in [2.75, 3.05) is 13.1 Å². The van der Waals surface area contributed by atoms with E-state index in [-0.39, 0.29) is 26.1 Å². The average Bonchev–Trinajstić information content (AvgIpc) is 2.40. The van der Waals surface area contributed by atoms with Gasteiger partial charge in [-0.05, 0) is 18.9 Å². The second-order valence-corrected chi connectivity index (χ2v) is 5.08. The predicted octanol–water partition coefficient (Wildman–Crippen LogP) is 2.12. The lowest BCUT2D eigenvalue weighted by molar-refractivity contribution is -0.0719. The van der Waals surface area contributed by atoms with Gasteiger partial charge >= 0.3 is 6.09 Å². The van der Waals surface area contributed by atoms with Crippen molar-refractivity contribution in [2.24, 2.45) is 0 Å².